The number of aliphatic hydroxyl groups is 1. The van der Waals surface area contributed by atoms with Gasteiger partial charge in [0.1, 0.15) is 0 Å². The molecule has 0 spiro atoms. The van der Waals surface area contributed by atoms with Crippen LogP contribution in [0.5, 0.6) is 0 Å². The Bertz CT molecular complexity index is 205. The summed E-state index contributed by atoms with van der Waals surface area (Å²) in [6.07, 6.45) is 2.97. The monoisotopic (exact) mass is 214 g/mol. The largest absolute Gasteiger partial charge is 0.392 e. The van der Waals surface area contributed by atoms with Crippen molar-refractivity contribution in [3.63, 3.8) is 0 Å². The molecule has 2 rings (SSSR count). The minimum atomic E-state index is -0.143. The van der Waals surface area contributed by atoms with E-state index in [2.05, 4.69) is 4.90 Å². The fourth-order valence-electron chi connectivity index (χ4n) is 2.65. The maximum atomic E-state index is 9.61. The van der Waals surface area contributed by atoms with Crippen molar-refractivity contribution in [3.8, 4) is 0 Å². The van der Waals surface area contributed by atoms with Crippen molar-refractivity contribution < 1.29 is 9.84 Å². The second-order valence-corrected chi connectivity index (χ2v) is 5.04. The van der Waals surface area contributed by atoms with Crippen LogP contribution in [0.15, 0.2) is 0 Å². The molecule has 2 atom stereocenters. The Morgan fingerprint density at radius 1 is 1.53 bits per heavy atom. The SMILES string of the molecule is NCC1(CN2CCCC(O)C2)CCOC1. The van der Waals surface area contributed by atoms with Crippen LogP contribution in [-0.2, 0) is 4.74 Å². The Labute approximate surface area is 91.4 Å². The molecule has 0 aromatic heterocycles. The van der Waals surface area contributed by atoms with E-state index in [1.165, 1.54) is 0 Å². The summed E-state index contributed by atoms with van der Waals surface area (Å²) in [5.41, 5.74) is 6.00. The summed E-state index contributed by atoms with van der Waals surface area (Å²) in [5, 5.41) is 9.61. The van der Waals surface area contributed by atoms with E-state index in [9.17, 15) is 5.11 Å². The van der Waals surface area contributed by atoms with Crippen molar-refractivity contribution in [1.82, 2.24) is 4.90 Å². The van der Waals surface area contributed by atoms with Crippen LogP contribution in [0, 0.1) is 5.41 Å². The molecule has 0 aromatic rings. The third kappa shape index (κ3) is 2.69. The van der Waals surface area contributed by atoms with Crippen molar-refractivity contribution in [2.24, 2.45) is 11.1 Å². The number of ether oxygens (including phenoxy) is 1. The first-order chi connectivity index (χ1) is 7.24. The first-order valence-electron chi connectivity index (χ1n) is 5.92. The molecule has 0 aromatic carbocycles. The number of aliphatic hydroxyl groups excluding tert-OH is 1. The minimum Gasteiger partial charge on any atom is -0.392 e. The second kappa shape index (κ2) is 4.78. The number of hydrogen-bond donors (Lipinski definition) is 2. The third-order valence-electron chi connectivity index (χ3n) is 3.66. The fourth-order valence-corrected chi connectivity index (χ4v) is 2.65. The highest BCUT2D eigenvalue weighted by molar-refractivity contribution is 4.88. The summed E-state index contributed by atoms with van der Waals surface area (Å²) in [6.45, 7) is 5.21. The standard InChI is InChI=1S/C11H22N2O2/c12-7-11(3-5-15-9-11)8-13-4-1-2-10(14)6-13/h10,14H,1-9,12H2. The molecule has 0 saturated carbocycles. The molecule has 2 unspecified atom stereocenters. The lowest BCUT2D eigenvalue weighted by Gasteiger charge is -2.37. The molecule has 88 valence electrons. The zero-order valence-corrected chi connectivity index (χ0v) is 9.32. The molecule has 0 bridgehead atoms. The van der Waals surface area contributed by atoms with Gasteiger partial charge in [-0.1, -0.05) is 0 Å². The third-order valence-corrected chi connectivity index (χ3v) is 3.66. The molecular formula is C11H22N2O2. The average Bonchev–Trinajstić information content (AvgIpc) is 2.67. The highest BCUT2D eigenvalue weighted by Crippen LogP contribution is 2.29. The van der Waals surface area contributed by atoms with Gasteiger partial charge >= 0.3 is 0 Å². The molecule has 2 saturated heterocycles. The Balaban J connectivity index is 1.88. The number of rotatable bonds is 3. The van der Waals surface area contributed by atoms with E-state index in [-0.39, 0.29) is 11.5 Å². The molecule has 2 heterocycles. The van der Waals surface area contributed by atoms with Crippen LogP contribution < -0.4 is 5.73 Å². The van der Waals surface area contributed by atoms with Gasteiger partial charge in [0.05, 0.1) is 12.7 Å². The highest BCUT2D eigenvalue weighted by atomic mass is 16.5. The van der Waals surface area contributed by atoms with Crippen molar-refractivity contribution >= 4 is 0 Å². The predicted molar refractivity (Wildman–Crippen MR) is 58.6 cm³/mol. The van der Waals surface area contributed by atoms with Crippen molar-refractivity contribution in [1.29, 1.82) is 0 Å². The summed E-state index contributed by atoms with van der Waals surface area (Å²) in [5.74, 6) is 0. The van der Waals surface area contributed by atoms with Crippen LogP contribution >= 0.6 is 0 Å². The number of nitrogens with two attached hydrogens (primary N) is 1. The number of likely N-dealkylation sites (tertiary alicyclic amines) is 1. The Kier molecular flexibility index (Phi) is 3.61. The lowest BCUT2D eigenvalue weighted by atomic mass is 9.86. The van der Waals surface area contributed by atoms with Gasteiger partial charge in [0, 0.05) is 31.7 Å². The Morgan fingerprint density at radius 3 is 3.00 bits per heavy atom. The van der Waals surface area contributed by atoms with E-state index in [0.29, 0.717) is 6.54 Å². The zero-order chi connectivity index (χ0) is 10.7. The summed E-state index contributed by atoms with van der Waals surface area (Å²) in [6, 6.07) is 0. The van der Waals surface area contributed by atoms with Crippen LogP contribution in [0.25, 0.3) is 0 Å². The predicted octanol–water partition coefficient (Wildman–Crippen LogP) is -0.192. The van der Waals surface area contributed by atoms with Gasteiger partial charge in [0.15, 0.2) is 0 Å². The summed E-state index contributed by atoms with van der Waals surface area (Å²) in [4.78, 5) is 2.34. The number of β-amino-alcohol motifs (C(OH)–C–C–N with tert-alkyl or cyclic N) is 1. The van der Waals surface area contributed by atoms with Gasteiger partial charge in [-0.15, -0.1) is 0 Å². The van der Waals surface area contributed by atoms with Crippen molar-refractivity contribution in [3.05, 3.63) is 0 Å². The molecule has 2 fully saturated rings. The van der Waals surface area contributed by atoms with E-state index in [1.54, 1.807) is 0 Å². The summed E-state index contributed by atoms with van der Waals surface area (Å²) in [7, 11) is 0. The molecule has 4 heteroatoms. The molecule has 0 aliphatic carbocycles. The van der Waals surface area contributed by atoms with Crippen LogP contribution in [0.3, 0.4) is 0 Å². The minimum absolute atomic E-state index is 0.143. The van der Waals surface area contributed by atoms with Gasteiger partial charge in [-0.25, -0.2) is 0 Å². The van der Waals surface area contributed by atoms with E-state index < -0.39 is 0 Å². The molecular weight excluding hydrogens is 192 g/mol. The lowest BCUT2D eigenvalue weighted by Crippen LogP contribution is -2.47. The topological polar surface area (TPSA) is 58.7 Å². The van der Waals surface area contributed by atoms with E-state index >= 15 is 0 Å². The summed E-state index contributed by atoms with van der Waals surface area (Å²) >= 11 is 0. The Hall–Kier alpha value is -0.160. The molecule has 3 N–H and O–H groups in total. The number of nitrogens with zero attached hydrogens (tertiary/aromatic N) is 1. The van der Waals surface area contributed by atoms with Crippen molar-refractivity contribution in [2.45, 2.75) is 25.4 Å². The number of hydrogen-bond acceptors (Lipinski definition) is 4. The van der Waals surface area contributed by atoms with Gasteiger partial charge in [-0.05, 0) is 25.8 Å². The van der Waals surface area contributed by atoms with E-state index in [0.717, 1.165) is 52.1 Å². The van der Waals surface area contributed by atoms with Gasteiger partial charge in [0.25, 0.3) is 0 Å². The maximum absolute atomic E-state index is 9.61. The van der Waals surface area contributed by atoms with Gasteiger partial charge < -0.3 is 20.5 Å². The van der Waals surface area contributed by atoms with E-state index in [1.807, 2.05) is 0 Å². The van der Waals surface area contributed by atoms with E-state index in [4.69, 9.17) is 10.5 Å². The molecule has 15 heavy (non-hydrogen) atoms. The molecule has 2 aliphatic rings. The van der Waals surface area contributed by atoms with Crippen molar-refractivity contribution in [2.75, 3.05) is 39.4 Å². The normalized spacial score (nSPS) is 38.4. The molecule has 0 radical (unpaired) electrons. The zero-order valence-electron chi connectivity index (χ0n) is 9.32. The van der Waals surface area contributed by atoms with Crippen LogP contribution in [-0.4, -0.2) is 55.5 Å². The first kappa shape index (κ1) is 11.3. The highest BCUT2D eigenvalue weighted by Gasteiger charge is 2.36. The van der Waals surface area contributed by atoms with Crippen LogP contribution in [0.1, 0.15) is 19.3 Å². The maximum Gasteiger partial charge on any atom is 0.0667 e. The summed E-state index contributed by atoms with van der Waals surface area (Å²) < 4.78 is 5.45. The lowest BCUT2D eigenvalue weighted by molar-refractivity contribution is 0.0402. The van der Waals surface area contributed by atoms with Gasteiger partial charge in [-0.3, -0.25) is 0 Å². The van der Waals surface area contributed by atoms with Crippen LogP contribution in [0.4, 0.5) is 0 Å². The molecule has 0 amide bonds. The number of piperidine rings is 1. The van der Waals surface area contributed by atoms with Gasteiger partial charge in [0.2, 0.25) is 0 Å². The molecule has 2 aliphatic heterocycles. The van der Waals surface area contributed by atoms with Gasteiger partial charge in [-0.2, -0.15) is 0 Å². The quantitative estimate of drug-likeness (QED) is 0.683. The smallest absolute Gasteiger partial charge is 0.0667 e. The first-order valence-corrected chi connectivity index (χ1v) is 5.92. The van der Waals surface area contributed by atoms with Crippen LogP contribution in [0.2, 0.25) is 0 Å². The fraction of sp³-hybridized carbons (Fsp3) is 1.00. The average molecular weight is 214 g/mol. The molecule has 4 nitrogen and oxygen atoms in total. The second-order valence-electron chi connectivity index (χ2n) is 5.04. The Morgan fingerprint density at radius 2 is 2.40 bits per heavy atom.